The second-order valence-corrected chi connectivity index (χ2v) is 5.58. The third-order valence-corrected chi connectivity index (χ3v) is 2.51. The minimum absolute atomic E-state index is 0.0188. The summed E-state index contributed by atoms with van der Waals surface area (Å²) in [5, 5.41) is 3.36. The Labute approximate surface area is 99.9 Å². The molecule has 0 aromatic rings. The van der Waals surface area contributed by atoms with Crippen molar-refractivity contribution in [2.45, 2.75) is 45.6 Å². The first-order valence-electron chi connectivity index (χ1n) is 6.50. The van der Waals surface area contributed by atoms with Crippen molar-refractivity contribution < 1.29 is 9.47 Å². The molecule has 1 saturated carbocycles. The van der Waals surface area contributed by atoms with Crippen LogP contribution >= 0.6 is 0 Å². The van der Waals surface area contributed by atoms with Crippen LogP contribution in [0.3, 0.4) is 0 Å². The summed E-state index contributed by atoms with van der Waals surface area (Å²) < 4.78 is 11.2. The van der Waals surface area contributed by atoms with Crippen molar-refractivity contribution in [3.63, 3.8) is 0 Å². The minimum Gasteiger partial charge on any atom is -0.381 e. The third kappa shape index (κ3) is 9.13. The number of rotatable bonds is 9. The molecule has 0 atom stereocenters. The van der Waals surface area contributed by atoms with Crippen LogP contribution in [0.1, 0.15) is 40.0 Å². The standard InChI is InChI=1S/C13H27NO2/c1-13(2,3)16-10-8-14-7-4-9-15-11-12-5-6-12/h12,14H,4-11H2,1-3H3. The van der Waals surface area contributed by atoms with Gasteiger partial charge in [-0.05, 0) is 52.5 Å². The summed E-state index contributed by atoms with van der Waals surface area (Å²) in [6, 6.07) is 0. The maximum Gasteiger partial charge on any atom is 0.0599 e. The van der Waals surface area contributed by atoms with E-state index in [0.717, 1.165) is 45.2 Å². The van der Waals surface area contributed by atoms with Gasteiger partial charge in [-0.2, -0.15) is 0 Å². The molecule has 0 radical (unpaired) electrons. The molecule has 0 aromatic carbocycles. The Kier molecular flexibility index (Phi) is 6.32. The lowest BCUT2D eigenvalue weighted by Gasteiger charge is -2.19. The Hall–Kier alpha value is -0.120. The second kappa shape index (κ2) is 7.25. The van der Waals surface area contributed by atoms with Gasteiger partial charge in [0.1, 0.15) is 0 Å². The van der Waals surface area contributed by atoms with Gasteiger partial charge in [-0.15, -0.1) is 0 Å². The first-order chi connectivity index (χ1) is 7.58. The Balaban J connectivity index is 1.70. The molecule has 0 unspecified atom stereocenters. The summed E-state index contributed by atoms with van der Waals surface area (Å²) in [4.78, 5) is 0. The smallest absolute Gasteiger partial charge is 0.0599 e. The van der Waals surface area contributed by atoms with Crippen LogP contribution in [-0.2, 0) is 9.47 Å². The fourth-order valence-electron chi connectivity index (χ4n) is 1.39. The van der Waals surface area contributed by atoms with Gasteiger partial charge in [0.15, 0.2) is 0 Å². The normalized spacial score (nSPS) is 16.7. The molecule has 3 nitrogen and oxygen atoms in total. The van der Waals surface area contributed by atoms with Crippen LogP contribution in [0.2, 0.25) is 0 Å². The van der Waals surface area contributed by atoms with Crippen molar-refractivity contribution in [2.24, 2.45) is 5.92 Å². The van der Waals surface area contributed by atoms with Gasteiger partial charge in [0.2, 0.25) is 0 Å². The van der Waals surface area contributed by atoms with Gasteiger partial charge in [0.25, 0.3) is 0 Å². The maximum atomic E-state index is 5.60. The quantitative estimate of drug-likeness (QED) is 0.615. The highest BCUT2D eigenvalue weighted by Gasteiger charge is 2.20. The van der Waals surface area contributed by atoms with Crippen molar-refractivity contribution in [1.82, 2.24) is 5.32 Å². The molecule has 1 aliphatic rings. The fraction of sp³-hybridized carbons (Fsp3) is 1.00. The molecule has 0 spiro atoms. The lowest BCUT2D eigenvalue weighted by molar-refractivity contribution is -0.000926. The van der Waals surface area contributed by atoms with Gasteiger partial charge < -0.3 is 14.8 Å². The highest BCUT2D eigenvalue weighted by atomic mass is 16.5. The molecule has 16 heavy (non-hydrogen) atoms. The van der Waals surface area contributed by atoms with Crippen LogP contribution in [0.25, 0.3) is 0 Å². The summed E-state index contributed by atoms with van der Waals surface area (Å²) in [7, 11) is 0. The summed E-state index contributed by atoms with van der Waals surface area (Å²) in [6.45, 7) is 10.9. The fourth-order valence-corrected chi connectivity index (χ4v) is 1.39. The molecule has 1 fully saturated rings. The van der Waals surface area contributed by atoms with Crippen LogP contribution in [0.4, 0.5) is 0 Å². The van der Waals surface area contributed by atoms with E-state index in [1.807, 2.05) is 0 Å². The summed E-state index contributed by atoms with van der Waals surface area (Å²) in [5.41, 5.74) is -0.0188. The molecule has 1 rings (SSSR count). The maximum absolute atomic E-state index is 5.60. The Bertz CT molecular complexity index is 173. The van der Waals surface area contributed by atoms with E-state index >= 15 is 0 Å². The SMILES string of the molecule is CC(C)(C)OCCNCCCOCC1CC1. The van der Waals surface area contributed by atoms with Gasteiger partial charge in [0.05, 0.1) is 12.2 Å². The van der Waals surface area contributed by atoms with Gasteiger partial charge in [0, 0.05) is 19.8 Å². The number of ether oxygens (including phenoxy) is 2. The van der Waals surface area contributed by atoms with E-state index < -0.39 is 0 Å². The van der Waals surface area contributed by atoms with Crippen molar-refractivity contribution in [3.8, 4) is 0 Å². The highest BCUT2D eigenvalue weighted by molar-refractivity contribution is 4.71. The van der Waals surface area contributed by atoms with Gasteiger partial charge in [-0.1, -0.05) is 0 Å². The van der Waals surface area contributed by atoms with E-state index in [1.54, 1.807) is 0 Å². The summed E-state index contributed by atoms with van der Waals surface area (Å²) >= 11 is 0. The van der Waals surface area contributed by atoms with Crippen LogP contribution in [0.5, 0.6) is 0 Å². The molecule has 96 valence electrons. The van der Waals surface area contributed by atoms with Crippen molar-refractivity contribution >= 4 is 0 Å². The van der Waals surface area contributed by atoms with E-state index in [9.17, 15) is 0 Å². The summed E-state index contributed by atoms with van der Waals surface area (Å²) in [6.07, 6.45) is 3.85. The first-order valence-corrected chi connectivity index (χ1v) is 6.50. The molecule has 0 aliphatic heterocycles. The first kappa shape index (κ1) is 13.9. The number of nitrogens with one attached hydrogen (secondary N) is 1. The molecular weight excluding hydrogens is 202 g/mol. The summed E-state index contributed by atoms with van der Waals surface area (Å²) in [5.74, 6) is 0.883. The third-order valence-electron chi connectivity index (χ3n) is 2.51. The second-order valence-electron chi connectivity index (χ2n) is 5.58. The number of hydrogen-bond acceptors (Lipinski definition) is 3. The van der Waals surface area contributed by atoms with Gasteiger partial charge >= 0.3 is 0 Å². The molecule has 3 heteroatoms. The predicted octanol–water partition coefficient (Wildman–Crippen LogP) is 2.21. The lowest BCUT2D eigenvalue weighted by Crippen LogP contribution is -2.27. The van der Waals surface area contributed by atoms with E-state index in [4.69, 9.17) is 9.47 Å². The lowest BCUT2D eigenvalue weighted by atomic mass is 10.2. The Morgan fingerprint density at radius 2 is 1.88 bits per heavy atom. The van der Waals surface area contributed by atoms with E-state index in [2.05, 4.69) is 26.1 Å². The van der Waals surface area contributed by atoms with Crippen molar-refractivity contribution in [1.29, 1.82) is 0 Å². The monoisotopic (exact) mass is 229 g/mol. The molecule has 0 saturated heterocycles. The molecule has 0 bridgehead atoms. The van der Waals surface area contributed by atoms with Gasteiger partial charge in [-0.3, -0.25) is 0 Å². The van der Waals surface area contributed by atoms with E-state index in [-0.39, 0.29) is 5.60 Å². The molecule has 1 aliphatic carbocycles. The van der Waals surface area contributed by atoms with Crippen LogP contribution in [-0.4, -0.2) is 38.5 Å². The van der Waals surface area contributed by atoms with Gasteiger partial charge in [-0.25, -0.2) is 0 Å². The molecule has 1 N–H and O–H groups in total. The zero-order chi connectivity index (χ0) is 11.9. The molecular formula is C13H27NO2. The zero-order valence-corrected chi connectivity index (χ0v) is 11.1. The molecule has 0 heterocycles. The number of hydrogen-bond donors (Lipinski definition) is 1. The van der Waals surface area contributed by atoms with Crippen LogP contribution in [0.15, 0.2) is 0 Å². The predicted molar refractivity (Wildman–Crippen MR) is 66.7 cm³/mol. The minimum atomic E-state index is -0.0188. The van der Waals surface area contributed by atoms with E-state index in [0.29, 0.717) is 0 Å². The topological polar surface area (TPSA) is 30.5 Å². The average Bonchev–Trinajstić information content (AvgIpc) is 2.97. The molecule has 0 aromatic heterocycles. The largest absolute Gasteiger partial charge is 0.381 e. The average molecular weight is 229 g/mol. The van der Waals surface area contributed by atoms with E-state index in [1.165, 1.54) is 12.8 Å². The van der Waals surface area contributed by atoms with Crippen molar-refractivity contribution in [3.05, 3.63) is 0 Å². The van der Waals surface area contributed by atoms with Crippen LogP contribution < -0.4 is 5.32 Å². The Morgan fingerprint density at radius 1 is 1.12 bits per heavy atom. The zero-order valence-electron chi connectivity index (χ0n) is 11.1. The highest BCUT2D eigenvalue weighted by Crippen LogP contribution is 2.28. The van der Waals surface area contributed by atoms with Crippen molar-refractivity contribution in [2.75, 3.05) is 32.9 Å². The Morgan fingerprint density at radius 3 is 2.50 bits per heavy atom. The molecule has 0 amide bonds. The van der Waals surface area contributed by atoms with Crippen LogP contribution in [0, 0.1) is 5.92 Å².